The first-order valence-corrected chi connectivity index (χ1v) is 7.98. The highest BCUT2D eigenvalue weighted by Crippen LogP contribution is 2.26. The zero-order valence-corrected chi connectivity index (χ0v) is 14.9. The van der Waals surface area contributed by atoms with Gasteiger partial charge in [0.05, 0.1) is 7.11 Å². The summed E-state index contributed by atoms with van der Waals surface area (Å²) in [6.45, 7) is 3.48. The van der Waals surface area contributed by atoms with Crippen LogP contribution in [0.5, 0.6) is 11.5 Å². The number of esters is 1. The maximum atomic E-state index is 11.9. The molecule has 26 heavy (non-hydrogen) atoms. The number of aromatic hydroxyl groups is 1. The van der Waals surface area contributed by atoms with Crippen LogP contribution >= 0.6 is 0 Å². The van der Waals surface area contributed by atoms with E-state index in [9.17, 15) is 14.7 Å². The van der Waals surface area contributed by atoms with Gasteiger partial charge in [-0.2, -0.15) is 0 Å². The van der Waals surface area contributed by atoms with Gasteiger partial charge in [-0.1, -0.05) is 23.8 Å². The number of nitrogens with one attached hydrogen (secondary N) is 1. The first kappa shape index (κ1) is 19.1. The number of rotatable bonds is 6. The molecule has 0 fully saturated rings. The number of carbonyl (C=O) groups excluding carboxylic acids is 2. The molecule has 0 aromatic heterocycles. The summed E-state index contributed by atoms with van der Waals surface area (Å²) >= 11 is 0. The summed E-state index contributed by atoms with van der Waals surface area (Å²) in [7, 11) is 1.44. The largest absolute Gasteiger partial charge is 0.504 e. The third kappa shape index (κ3) is 5.37. The molecule has 6 heteroatoms. The van der Waals surface area contributed by atoms with Crippen molar-refractivity contribution in [2.45, 2.75) is 13.8 Å². The van der Waals surface area contributed by atoms with Gasteiger partial charge in [-0.25, -0.2) is 4.79 Å². The normalized spacial score (nSPS) is 10.6. The number of ether oxygens (including phenoxy) is 2. The fourth-order valence-electron chi connectivity index (χ4n) is 2.29. The van der Waals surface area contributed by atoms with E-state index < -0.39 is 11.9 Å². The van der Waals surface area contributed by atoms with Crippen molar-refractivity contribution in [2.75, 3.05) is 19.0 Å². The minimum absolute atomic E-state index is 0.00953. The Morgan fingerprint density at radius 2 is 1.92 bits per heavy atom. The summed E-state index contributed by atoms with van der Waals surface area (Å²) in [5, 5.41) is 12.2. The van der Waals surface area contributed by atoms with Gasteiger partial charge in [0.25, 0.3) is 5.91 Å². The molecule has 2 rings (SSSR count). The third-order valence-corrected chi connectivity index (χ3v) is 3.62. The predicted octanol–water partition coefficient (Wildman–Crippen LogP) is 3.21. The molecule has 1 amide bonds. The first-order valence-electron chi connectivity index (χ1n) is 7.98. The van der Waals surface area contributed by atoms with E-state index in [1.165, 1.54) is 25.3 Å². The average molecular weight is 355 g/mol. The number of phenolic OH excluding ortho intramolecular Hbond substituents is 1. The van der Waals surface area contributed by atoms with E-state index in [0.29, 0.717) is 17.0 Å². The second-order valence-electron chi connectivity index (χ2n) is 5.74. The molecule has 136 valence electrons. The summed E-state index contributed by atoms with van der Waals surface area (Å²) in [5.41, 5.74) is 3.37. The topological polar surface area (TPSA) is 84.9 Å². The SMILES string of the molecule is COc1cc(/C=C/C(=O)OCC(=O)Nc2ccc(C)cc2C)ccc1O. The summed E-state index contributed by atoms with van der Waals surface area (Å²) in [5.74, 6) is -0.749. The van der Waals surface area contributed by atoms with Gasteiger partial charge in [0.1, 0.15) is 0 Å². The molecule has 2 N–H and O–H groups in total. The molecule has 2 aromatic rings. The molecule has 0 atom stereocenters. The Kier molecular flexibility index (Phi) is 6.38. The van der Waals surface area contributed by atoms with E-state index >= 15 is 0 Å². The molecule has 0 spiro atoms. The Labute approximate surface area is 152 Å². The maximum absolute atomic E-state index is 11.9. The molecule has 0 saturated carbocycles. The first-order chi connectivity index (χ1) is 12.4. The number of hydrogen-bond acceptors (Lipinski definition) is 5. The highest BCUT2D eigenvalue weighted by molar-refractivity contribution is 5.95. The zero-order chi connectivity index (χ0) is 19.1. The van der Waals surface area contributed by atoms with Gasteiger partial charge in [-0.05, 0) is 49.2 Å². The van der Waals surface area contributed by atoms with Gasteiger partial charge in [0, 0.05) is 11.8 Å². The number of carbonyl (C=O) groups is 2. The maximum Gasteiger partial charge on any atom is 0.331 e. The van der Waals surface area contributed by atoms with Gasteiger partial charge in [-0.15, -0.1) is 0 Å². The van der Waals surface area contributed by atoms with Gasteiger partial charge in [0.15, 0.2) is 18.1 Å². The molecule has 0 radical (unpaired) electrons. The van der Waals surface area contributed by atoms with E-state index in [1.807, 2.05) is 32.0 Å². The number of amides is 1. The molecule has 0 aliphatic heterocycles. The lowest BCUT2D eigenvalue weighted by atomic mass is 10.1. The Balaban J connectivity index is 1.87. The summed E-state index contributed by atoms with van der Waals surface area (Å²) < 4.78 is 9.92. The standard InChI is InChI=1S/C20H21NO5/c1-13-4-7-16(14(2)10-13)21-19(23)12-26-20(24)9-6-15-5-8-17(22)18(11-15)25-3/h4-11,22H,12H2,1-3H3,(H,21,23)/b9-6+. The zero-order valence-electron chi connectivity index (χ0n) is 14.9. The molecule has 0 bridgehead atoms. The molecular weight excluding hydrogens is 334 g/mol. The average Bonchev–Trinajstić information content (AvgIpc) is 2.61. The van der Waals surface area contributed by atoms with Crippen molar-refractivity contribution >= 4 is 23.6 Å². The van der Waals surface area contributed by atoms with E-state index in [1.54, 1.807) is 12.1 Å². The van der Waals surface area contributed by atoms with Gasteiger partial charge >= 0.3 is 5.97 Å². The van der Waals surface area contributed by atoms with E-state index in [4.69, 9.17) is 9.47 Å². The van der Waals surface area contributed by atoms with Crippen molar-refractivity contribution in [2.24, 2.45) is 0 Å². The summed E-state index contributed by atoms with van der Waals surface area (Å²) in [6, 6.07) is 10.3. The van der Waals surface area contributed by atoms with Crippen LogP contribution in [0.2, 0.25) is 0 Å². The Hall–Kier alpha value is -3.28. The number of benzene rings is 2. The third-order valence-electron chi connectivity index (χ3n) is 3.62. The van der Waals surface area contributed by atoms with Crippen molar-refractivity contribution in [3.63, 3.8) is 0 Å². The van der Waals surface area contributed by atoms with Crippen LogP contribution in [0.15, 0.2) is 42.5 Å². The summed E-state index contributed by atoms with van der Waals surface area (Å²) in [6.07, 6.45) is 2.71. The van der Waals surface area contributed by atoms with Gasteiger partial charge < -0.3 is 19.9 Å². The lowest BCUT2D eigenvalue weighted by Crippen LogP contribution is -2.20. The van der Waals surface area contributed by atoms with E-state index in [-0.39, 0.29) is 12.4 Å². The second-order valence-corrected chi connectivity index (χ2v) is 5.74. The Bertz CT molecular complexity index is 842. The van der Waals surface area contributed by atoms with Crippen LogP contribution in [0, 0.1) is 13.8 Å². The minimum Gasteiger partial charge on any atom is -0.504 e. The number of methoxy groups -OCH3 is 1. The number of phenols is 1. The molecular formula is C20H21NO5. The molecule has 0 aliphatic rings. The molecule has 0 heterocycles. The lowest BCUT2D eigenvalue weighted by Gasteiger charge is -2.09. The van der Waals surface area contributed by atoms with E-state index in [2.05, 4.69) is 5.32 Å². The van der Waals surface area contributed by atoms with Crippen molar-refractivity contribution in [1.29, 1.82) is 0 Å². The van der Waals surface area contributed by atoms with Crippen molar-refractivity contribution in [1.82, 2.24) is 0 Å². The number of anilines is 1. The van der Waals surface area contributed by atoms with Crippen LogP contribution in [0.1, 0.15) is 16.7 Å². The molecule has 6 nitrogen and oxygen atoms in total. The van der Waals surface area contributed by atoms with Crippen LogP contribution in [0.25, 0.3) is 6.08 Å². The van der Waals surface area contributed by atoms with Crippen LogP contribution < -0.4 is 10.1 Å². The minimum atomic E-state index is -0.646. The van der Waals surface area contributed by atoms with Gasteiger partial charge in [0.2, 0.25) is 0 Å². The lowest BCUT2D eigenvalue weighted by molar-refractivity contribution is -0.142. The second kappa shape index (κ2) is 8.71. The molecule has 0 saturated heterocycles. The smallest absolute Gasteiger partial charge is 0.331 e. The number of hydrogen-bond donors (Lipinski definition) is 2. The van der Waals surface area contributed by atoms with Crippen LogP contribution in [0.3, 0.4) is 0 Å². The van der Waals surface area contributed by atoms with Crippen molar-refractivity contribution in [3.8, 4) is 11.5 Å². The van der Waals surface area contributed by atoms with E-state index in [0.717, 1.165) is 11.1 Å². The predicted molar refractivity (Wildman–Crippen MR) is 99.2 cm³/mol. The quantitative estimate of drug-likeness (QED) is 0.614. The van der Waals surface area contributed by atoms with Crippen molar-refractivity contribution in [3.05, 3.63) is 59.2 Å². The molecule has 0 unspecified atom stereocenters. The molecule has 0 aliphatic carbocycles. The highest BCUT2D eigenvalue weighted by atomic mass is 16.5. The van der Waals surface area contributed by atoms with Crippen molar-refractivity contribution < 1.29 is 24.2 Å². The molecule has 2 aromatic carbocycles. The summed E-state index contributed by atoms with van der Waals surface area (Å²) in [4.78, 5) is 23.6. The fourth-order valence-corrected chi connectivity index (χ4v) is 2.29. The monoisotopic (exact) mass is 355 g/mol. The van der Waals surface area contributed by atoms with Crippen LogP contribution in [-0.4, -0.2) is 30.7 Å². The Morgan fingerprint density at radius 3 is 2.62 bits per heavy atom. The Morgan fingerprint density at radius 1 is 1.15 bits per heavy atom. The fraction of sp³-hybridized carbons (Fsp3) is 0.200. The van der Waals surface area contributed by atoms with Crippen LogP contribution in [-0.2, 0) is 14.3 Å². The van der Waals surface area contributed by atoms with Gasteiger partial charge in [-0.3, -0.25) is 4.79 Å². The van der Waals surface area contributed by atoms with Crippen LogP contribution in [0.4, 0.5) is 5.69 Å². The number of aryl methyl sites for hydroxylation is 2. The highest BCUT2D eigenvalue weighted by Gasteiger charge is 2.08.